The van der Waals surface area contributed by atoms with Crippen LogP contribution in [0.2, 0.25) is 0 Å². The number of hydrogen-bond acceptors (Lipinski definition) is 4. The summed E-state index contributed by atoms with van der Waals surface area (Å²) in [5, 5.41) is 0. The first kappa shape index (κ1) is 15.9. The Morgan fingerprint density at radius 1 is 1.23 bits per heavy atom. The summed E-state index contributed by atoms with van der Waals surface area (Å²) < 4.78 is 17.4. The van der Waals surface area contributed by atoms with Gasteiger partial charge < -0.3 is 14.2 Å². The van der Waals surface area contributed by atoms with E-state index >= 15 is 0 Å². The fourth-order valence-electron chi connectivity index (χ4n) is 3.16. The highest BCUT2D eigenvalue weighted by molar-refractivity contribution is 5.18. The first-order valence-electron chi connectivity index (χ1n) is 8.43. The molecule has 0 bridgehead atoms. The van der Waals surface area contributed by atoms with Crippen LogP contribution >= 0.6 is 0 Å². The molecule has 0 aliphatic carbocycles. The predicted molar refractivity (Wildman–Crippen MR) is 86.0 cm³/mol. The summed E-state index contributed by atoms with van der Waals surface area (Å²) in [7, 11) is 0. The normalized spacial score (nSPS) is 29.8. The molecule has 1 aromatic rings. The lowest BCUT2D eigenvalue weighted by Crippen LogP contribution is -2.46. The minimum Gasteiger partial charge on any atom is -0.377 e. The molecule has 2 aliphatic heterocycles. The minimum atomic E-state index is 0.176. The van der Waals surface area contributed by atoms with Crippen LogP contribution in [0.4, 0.5) is 0 Å². The number of rotatable bonds is 6. The van der Waals surface area contributed by atoms with Crippen molar-refractivity contribution in [2.75, 3.05) is 39.5 Å². The number of benzene rings is 1. The zero-order valence-electron chi connectivity index (χ0n) is 13.4. The standard InChI is InChI=1S/C18H27NO3/c1-15-13-22-18(16-6-3-2-4-7-16)12-19(15)9-11-20-14-17-8-5-10-21-17/h2-4,6-7,15,17-18H,5,8-14H2,1H3/t15-,17+,18+/m1/s1. The smallest absolute Gasteiger partial charge is 0.0952 e. The van der Waals surface area contributed by atoms with Crippen LogP contribution in [0, 0.1) is 0 Å². The first-order chi connectivity index (χ1) is 10.8. The molecule has 3 rings (SSSR count). The average molecular weight is 305 g/mol. The largest absolute Gasteiger partial charge is 0.377 e. The molecule has 22 heavy (non-hydrogen) atoms. The molecule has 3 atom stereocenters. The van der Waals surface area contributed by atoms with Crippen molar-refractivity contribution in [1.29, 1.82) is 0 Å². The van der Waals surface area contributed by atoms with Gasteiger partial charge in [0.25, 0.3) is 0 Å². The van der Waals surface area contributed by atoms with Crippen LogP contribution in [-0.4, -0.2) is 56.6 Å². The van der Waals surface area contributed by atoms with Gasteiger partial charge in [0, 0.05) is 25.7 Å². The van der Waals surface area contributed by atoms with Gasteiger partial charge in [0.05, 0.1) is 32.0 Å². The van der Waals surface area contributed by atoms with Gasteiger partial charge in [0.15, 0.2) is 0 Å². The highest BCUT2D eigenvalue weighted by Crippen LogP contribution is 2.24. The Morgan fingerprint density at radius 3 is 2.86 bits per heavy atom. The number of morpholine rings is 1. The molecule has 0 aromatic heterocycles. The van der Waals surface area contributed by atoms with E-state index in [2.05, 4.69) is 36.1 Å². The third kappa shape index (κ3) is 4.29. The molecule has 2 heterocycles. The Balaban J connectivity index is 1.43. The Morgan fingerprint density at radius 2 is 2.09 bits per heavy atom. The maximum absolute atomic E-state index is 5.99. The van der Waals surface area contributed by atoms with Gasteiger partial charge in [-0.05, 0) is 25.3 Å². The van der Waals surface area contributed by atoms with E-state index < -0.39 is 0 Å². The molecule has 0 radical (unpaired) electrons. The van der Waals surface area contributed by atoms with E-state index in [1.54, 1.807) is 0 Å². The fourth-order valence-corrected chi connectivity index (χ4v) is 3.16. The molecule has 2 aliphatic rings. The zero-order chi connectivity index (χ0) is 15.2. The summed E-state index contributed by atoms with van der Waals surface area (Å²) in [6, 6.07) is 10.9. The van der Waals surface area contributed by atoms with Crippen molar-refractivity contribution in [3.8, 4) is 0 Å². The van der Waals surface area contributed by atoms with Crippen LogP contribution in [0.25, 0.3) is 0 Å². The maximum Gasteiger partial charge on any atom is 0.0952 e. The molecule has 2 saturated heterocycles. The van der Waals surface area contributed by atoms with Gasteiger partial charge in [0.1, 0.15) is 0 Å². The second kappa shape index (κ2) is 8.06. The Hall–Kier alpha value is -0.940. The second-order valence-corrected chi connectivity index (χ2v) is 6.29. The van der Waals surface area contributed by atoms with E-state index in [1.165, 1.54) is 12.0 Å². The average Bonchev–Trinajstić information content (AvgIpc) is 3.07. The third-order valence-electron chi connectivity index (χ3n) is 4.58. The van der Waals surface area contributed by atoms with Crippen LogP contribution in [0.15, 0.2) is 30.3 Å². The fraction of sp³-hybridized carbons (Fsp3) is 0.667. The monoisotopic (exact) mass is 305 g/mol. The molecule has 4 heteroatoms. The predicted octanol–water partition coefficient (Wildman–Crippen LogP) is 2.64. The summed E-state index contributed by atoms with van der Waals surface area (Å²) in [4.78, 5) is 2.47. The van der Waals surface area contributed by atoms with Crippen LogP contribution in [0.5, 0.6) is 0 Å². The van der Waals surface area contributed by atoms with Gasteiger partial charge in [-0.15, -0.1) is 0 Å². The molecular weight excluding hydrogens is 278 g/mol. The molecule has 0 amide bonds. The second-order valence-electron chi connectivity index (χ2n) is 6.29. The van der Waals surface area contributed by atoms with Crippen molar-refractivity contribution in [2.24, 2.45) is 0 Å². The molecule has 0 unspecified atom stereocenters. The summed E-state index contributed by atoms with van der Waals surface area (Å²) in [6.45, 7) is 7.31. The van der Waals surface area contributed by atoms with Crippen molar-refractivity contribution in [3.63, 3.8) is 0 Å². The van der Waals surface area contributed by atoms with Crippen LogP contribution in [0.1, 0.15) is 31.4 Å². The first-order valence-corrected chi connectivity index (χ1v) is 8.43. The highest BCUT2D eigenvalue weighted by atomic mass is 16.5. The maximum atomic E-state index is 5.99. The molecule has 0 saturated carbocycles. The van der Waals surface area contributed by atoms with Crippen LogP contribution in [-0.2, 0) is 14.2 Å². The van der Waals surface area contributed by atoms with E-state index in [9.17, 15) is 0 Å². The lowest BCUT2D eigenvalue weighted by atomic mass is 10.1. The van der Waals surface area contributed by atoms with Crippen molar-refractivity contribution < 1.29 is 14.2 Å². The molecule has 0 spiro atoms. The topological polar surface area (TPSA) is 30.9 Å². The summed E-state index contributed by atoms with van der Waals surface area (Å²) in [5.41, 5.74) is 1.26. The highest BCUT2D eigenvalue weighted by Gasteiger charge is 2.26. The summed E-state index contributed by atoms with van der Waals surface area (Å²) in [5.74, 6) is 0. The van der Waals surface area contributed by atoms with Gasteiger partial charge in [-0.2, -0.15) is 0 Å². The number of ether oxygens (including phenoxy) is 3. The van der Waals surface area contributed by atoms with Gasteiger partial charge in [-0.1, -0.05) is 30.3 Å². The number of nitrogens with zero attached hydrogens (tertiary/aromatic N) is 1. The molecule has 1 aromatic carbocycles. The van der Waals surface area contributed by atoms with Crippen molar-refractivity contribution in [2.45, 2.75) is 38.0 Å². The third-order valence-corrected chi connectivity index (χ3v) is 4.58. The molecular formula is C18H27NO3. The van der Waals surface area contributed by atoms with E-state index in [-0.39, 0.29) is 6.10 Å². The Kier molecular flexibility index (Phi) is 5.84. The van der Waals surface area contributed by atoms with E-state index in [4.69, 9.17) is 14.2 Å². The molecule has 2 fully saturated rings. The van der Waals surface area contributed by atoms with Gasteiger partial charge in [0.2, 0.25) is 0 Å². The Bertz CT molecular complexity index is 433. The van der Waals surface area contributed by atoms with Crippen molar-refractivity contribution in [3.05, 3.63) is 35.9 Å². The Labute approximate surface area is 133 Å². The van der Waals surface area contributed by atoms with Gasteiger partial charge in [-0.25, -0.2) is 0 Å². The lowest BCUT2D eigenvalue weighted by Gasteiger charge is -2.38. The number of hydrogen-bond donors (Lipinski definition) is 0. The van der Waals surface area contributed by atoms with Crippen molar-refractivity contribution >= 4 is 0 Å². The van der Waals surface area contributed by atoms with Gasteiger partial charge >= 0.3 is 0 Å². The van der Waals surface area contributed by atoms with Gasteiger partial charge in [-0.3, -0.25) is 4.90 Å². The summed E-state index contributed by atoms with van der Waals surface area (Å²) in [6.07, 6.45) is 2.81. The van der Waals surface area contributed by atoms with E-state index in [1.807, 2.05) is 6.07 Å². The quantitative estimate of drug-likeness (QED) is 0.756. The summed E-state index contributed by atoms with van der Waals surface area (Å²) >= 11 is 0. The zero-order valence-corrected chi connectivity index (χ0v) is 13.4. The lowest BCUT2D eigenvalue weighted by molar-refractivity contribution is -0.0702. The van der Waals surface area contributed by atoms with E-state index in [0.29, 0.717) is 12.1 Å². The minimum absolute atomic E-state index is 0.176. The molecule has 122 valence electrons. The van der Waals surface area contributed by atoms with E-state index in [0.717, 1.165) is 45.9 Å². The SMILES string of the molecule is C[C@@H]1CO[C@H](c2ccccc2)CN1CCOC[C@@H]1CCCO1. The van der Waals surface area contributed by atoms with Crippen LogP contribution < -0.4 is 0 Å². The molecule has 0 N–H and O–H groups in total. The molecule has 4 nitrogen and oxygen atoms in total. The van der Waals surface area contributed by atoms with Crippen LogP contribution in [0.3, 0.4) is 0 Å². The van der Waals surface area contributed by atoms with Crippen molar-refractivity contribution in [1.82, 2.24) is 4.90 Å².